The number of hydrogen-bond donors (Lipinski definition) is 1. The first-order valence-electron chi connectivity index (χ1n) is 9.19. The molecule has 0 spiro atoms. The molecule has 1 aliphatic rings. The SMILES string of the molecule is CCCOC(=O)NCCC=C1c2ccccc2C=Cc2c(C)cccc21. The van der Waals surface area contributed by atoms with E-state index in [4.69, 9.17) is 4.74 Å². The van der Waals surface area contributed by atoms with Crippen LogP contribution in [0.1, 0.15) is 47.6 Å². The van der Waals surface area contributed by atoms with Crippen LogP contribution in [-0.4, -0.2) is 19.2 Å². The van der Waals surface area contributed by atoms with Gasteiger partial charge in [0.2, 0.25) is 0 Å². The molecular formula is C23H25NO2. The summed E-state index contributed by atoms with van der Waals surface area (Å²) in [5.74, 6) is 0. The molecule has 0 fully saturated rings. The number of fused-ring (bicyclic) bond motifs is 2. The minimum Gasteiger partial charge on any atom is -0.450 e. The van der Waals surface area contributed by atoms with Crippen molar-refractivity contribution in [2.75, 3.05) is 13.2 Å². The Labute approximate surface area is 155 Å². The molecule has 2 aromatic rings. The standard InChI is InChI=1S/C23H25NO2/c1-3-16-26-23(25)24-15-7-12-22-20-10-5-4-9-18(20)13-14-19-17(2)8-6-11-21(19)22/h4-6,8-14H,3,7,15-16H2,1-2H3,(H,24,25). The predicted molar refractivity (Wildman–Crippen MR) is 108 cm³/mol. The van der Waals surface area contributed by atoms with Crippen molar-refractivity contribution in [1.29, 1.82) is 0 Å². The average molecular weight is 347 g/mol. The zero-order chi connectivity index (χ0) is 18.4. The van der Waals surface area contributed by atoms with Crippen LogP contribution in [0.15, 0.2) is 48.5 Å². The Morgan fingerprint density at radius 1 is 1.08 bits per heavy atom. The van der Waals surface area contributed by atoms with Crippen LogP contribution in [0.5, 0.6) is 0 Å². The molecule has 2 aromatic carbocycles. The highest BCUT2D eigenvalue weighted by Crippen LogP contribution is 2.35. The number of alkyl carbamates (subject to hydrolysis) is 1. The first-order chi connectivity index (χ1) is 12.7. The van der Waals surface area contributed by atoms with Crippen LogP contribution in [-0.2, 0) is 4.74 Å². The summed E-state index contributed by atoms with van der Waals surface area (Å²) < 4.78 is 5.05. The van der Waals surface area contributed by atoms with E-state index >= 15 is 0 Å². The van der Waals surface area contributed by atoms with Gasteiger partial charge in [-0.05, 0) is 53.2 Å². The van der Waals surface area contributed by atoms with Crippen molar-refractivity contribution in [3.63, 3.8) is 0 Å². The molecule has 1 N–H and O–H groups in total. The molecule has 3 nitrogen and oxygen atoms in total. The van der Waals surface area contributed by atoms with Crippen LogP contribution in [0, 0.1) is 6.92 Å². The predicted octanol–water partition coefficient (Wildman–Crippen LogP) is 5.44. The first kappa shape index (κ1) is 18.0. The zero-order valence-electron chi connectivity index (χ0n) is 15.4. The monoisotopic (exact) mass is 347 g/mol. The fourth-order valence-corrected chi connectivity index (χ4v) is 3.20. The van der Waals surface area contributed by atoms with E-state index in [-0.39, 0.29) is 6.09 Å². The molecule has 1 amide bonds. The Morgan fingerprint density at radius 2 is 1.88 bits per heavy atom. The van der Waals surface area contributed by atoms with Gasteiger partial charge in [0.05, 0.1) is 6.61 Å². The van der Waals surface area contributed by atoms with E-state index in [0.717, 1.165) is 12.8 Å². The Hall–Kier alpha value is -2.81. The number of carbonyl (C=O) groups is 1. The molecule has 0 unspecified atom stereocenters. The maximum Gasteiger partial charge on any atom is 0.407 e. The van der Waals surface area contributed by atoms with Gasteiger partial charge in [0.1, 0.15) is 0 Å². The maximum atomic E-state index is 11.6. The zero-order valence-corrected chi connectivity index (χ0v) is 15.4. The summed E-state index contributed by atoms with van der Waals surface area (Å²) in [7, 11) is 0. The lowest BCUT2D eigenvalue weighted by atomic mass is 9.91. The molecule has 0 saturated heterocycles. The van der Waals surface area contributed by atoms with Crippen LogP contribution < -0.4 is 5.32 Å². The Kier molecular flexibility index (Phi) is 5.90. The highest BCUT2D eigenvalue weighted by atomic mass is 16.5. The molecule has 0 heterocycles. The van der Waals surface area contributed by atoms with Gasteiger partial charge in [0.25, 0.3) is 0 Å². The molecule has 0 saturated carbocycles. The van der Waals surface area contributed by atoms with Crippen LogP contribution >= 0.6 is 0 Å². The summed E-state index contributed by atoms with van der Waals surface area (Å²) in [4.78, 5) is 11.6. The molecule has 26 heavy (non-hydrogen) atoms. The van der Waals surface area contributed by atoms with Crippen molar-refractivity contribution in [3.05, 3.63) is 76.4 Å². The van der Waals surface area contributed by atoms with Gasteiger partial charge in [0, 0.05) is 6.54 Å². The van der Waals surface area contributed by atoms with Gasteiger partial charge >= 0.3 is 6.09 Å². The maximum absolute atomic E-state index is 11.6. The van der Waals surface area contributed by atoms with E-state index in [2.05, 4.69) is 72.9 Å². The van der Waals surface area contributed by atoms with Crippen molar-refractivity contribution in [1.82, 2.24) is 5.32 Å². The van der Waals surface area contributed by atoms with Crippen molar-refractivity contribution in [2.24, 2.45) is 0 Å². The van der Waals surface area contributed by atoms with E-state index in [0.29, 0.717) is 13.2 Å². The second kappa shape index (κ2) is 8.52. The largest absolute Gasteiger partial charge is 0.450 e. The summed E-state index contributed by atoms with van der Waals surface area (Å²) in [6.45, 7) is 5.14. The van der Waals surface area contributed by atoms with Crippen molar-refractivity contribution in [3.8, 4) is 0 Å². The quantitative estimate of drug-likeness (QED) is 0.624. The van der Waals surface area contributed by atoms with Crippen molar-refractivity contribution in [2.45, 2.75) is 26.7 Å². The van der Waals surface area contributed by atoms with Gasteiger partial charge in [-0.2, -0.15) is 0 Å². The summed E-state index contributed by atoms with van der Waals surface area (Å²) in [6.07, 6.45) is 7.83. The molecule has 0 bridgehead atoms. The minimum atomic E-state index is -0.343. The number of rotatable bonds is 5. The highest BCUT2D eigenvalue weighted by Gasteiger charge is 2.15. The molecule has 3 heteroatoms. The molecule has 0 atom stereocenters. The van der Waals surface area contributed by atoms with Gasteiger partial charge in [0.15, 0.2) is 0 Å². The van der Waals surface area contributed by atoms with Gasteiger partial charge < -0.3 is 10.1 Å². The number of nitrogens with one attached hydrogen (secondary N) is 1. The van der Waals surface area contributed by atoms with Gasteiger partial charge in [-0.15, -0.1) is 0 Å². The number of amides is 1. The second-order valence-electron chi connectivity index (χ2n) is 6.43. The van der Waals surface area contributed by atoms with Crippen LogP contribution in [0.3, 0.4) is 0 Å². The molecule has 3 rings (SSSR count). The average Bonchev–Trinajstić information content (AvgIpc) is 2.81. The molecule has 1 aliphatic carbocycles. The van der Waals surface area contributed by atoms with Crippen LogP contribution in [0.2, 0.25) is 0 Å². The minimum absolute atomic E-state index is 0.343. The summed E-state index contributed by atoms with van der Waals surface area (Å²) in [5, 5.41) is 2.81. The molecule has 134 valence electrons. The van der Waals surface area contributed by atoms with E-state index in [1.165, 1.54) is 33.4 Å². The number of hydrogen-bond acceptors (Lipinski definition) is 2. The van der Waals surface area contributed by atoms with E-state index < -0.39 is 0 Å². The first-order valence-corrected chi connectivity index (χ1v) is 9.19. The summed E-state index contributed by atoms with van der Waals surface area (Å²) in [6, 6.07) is 14.8. The lowest BCUT2D eigenvalue weighted by molar-refractivity contribution is 0.146. The van der Waals surface area contributed by atoms with Crippen LogP contribution in [0.4, 0.5) is 4.79 Å². The molecular weight excluding hydrogens is 322 g/mol. The van der Waals surface area contributed by atoms with Gasteiger partial charge in [-0.1, -0.05) is 67.6 Å². The lowest BCUT2D eigenvalue weighted by Gasteiger charge is -2.13. The molecule has 0 radical (unpaired) electrons. The highest BCUT2D eigenvalue weighted by molar-refractivity contribution is 5.94. The van der Waals surface area contributed by atoms with Crippen LogP contribution in [0.25, 0.3) is 17.7 Å². The van der Waals surface area contributed by atoms with Crippen molar-refractivity contribution < 1.29 is 9.53 Å². The fourth-order valence-electron chi connectivity index (χ4n) is 3.20. The number of carbonyl (C=O) groups excluding carboxylic acids is 1. The van der Waals surface area contributed by atoms with E-state index in [1.807, 2.05) is 6.92 Å². The summed E-state index contributed by atoms with van der Waals surface area (Å²) >= 11 is 0. The van der Waals surface area contributed by atoms with Gasteiger partial charge in [-0.3, -0.25) is 0 Å². The van der Waals surface area contributed by atoms with Crippen molar-refractivity contribution >= 4 is 23.8 Å². The third-order valence-electron chi connectivity index (χ3n) is 4.49. The Morgan fingerprint density at radius 3 is 2.73 bits per heavy atom. The smallest absolute Gasteiger partial charge is 0.407 e. The Bertz CT molecular complexity index is 849. The second-order valence-corrected chi connectivity index (χ2v) is 6.43. The number of benzene rings is 2. The number of ether oxygens (including phenoxy) is 1. The molecule has 0 aliphatic heterocycles. The third kappa shape index (κ3) is 4.05. The van der Waals surface area contributed by atoms with E-state index in [1.54, 1.807) is 0 Å². The Balaban J connectivity index is 1.85. The third-order valence-corrected chi connectivity index (χ3v) is 4.49. The summed E-state index contributed by atoms with van der Waals surface area (Å²) in [5.41, 5.74) is 7.41. The topological polar surface area (TPSA) is 38.3 Å². The van der Waals surface area contributed by atoms with E-state index in [9.17, 15) is 4.79 Å². The van der Waals surface area contributed by atoms with Gasteiger partial charge in [-0.25, -0.2) is 4.79 Å². The molecule has 0 aromatic heterocycles. The normalized spacial score (nSPS) is 13.7. The fraction of sp³-hybridized carbons (Fsp3) is 0.261. The number of aryl methyl sites for hydroxylation is 1. The lowest BCUT2D eigenvalue weighted by Crippen LogP contribution is -2.25.